The molecular weight excluding hydrogens is 426 g/mol. The summed E-state index contributed by atoms with van der Waals surface area (Å²) in [6.07, 6.45) is 1.27. The summed E-state index contributed by atoms with van der Waals surface area (Å²) in [6.45, 7) is 5.66. The van der Waals surface area contributed by atoms with Gasteiger partial charge in [-0.2, -0.15) is 0 Å². The standard InChI is InChI=1S/C25H30ClN3O3/c1-17(2)16-27-24(31)22(28-23(30)19-6-4-3-5-7-19)18-12-14-29(15-13-18)25(32)20-8-10-21(26)11-9-20/h3-11,17-18,22H,12-16H2,1-2H3,(H,27,31)(H,28,30)/t22-/m0/s1. The minimum atomic E-state index is -0.644. The SMILES string of the molecule is CC(C)CNC(=O)[C@@H](NC(=O)c1ccccc1)C1CCN(C(=O)c2ccc(Cl)cc2)CC1. The molecule has 3 rings (SSSR count). The average Bonchev–Trinajstić information content (AvgIpc) is 2.81. The van der Waals surface area contributed by atoms with Gasteiger partial charge in [-0.1, -0.05) is 43.6 Å². The van der Waals surface area contributed by atoms with Gasteiger partial charge >= 0.3 is 0 Å². The molecule has 2 aromatic carbocycles. The van der Waals surface area contributed by atoms with Crippen molar-refractivity contribution in [2.45, 2.75) is 32.7 Å². The predicted molar refractivity (Wildman–Crippen MR) is 126 cm³/mol. The molecule has 0 bridgehead atoms. The normalized spacial score (nSPS) is 15.3. The molecule has 2 N–H and O–H groups in total. The number of likely N-dealkylation sites (tertiary alicyclic amines) is 1. The number of carbonyl (C=O) groups is 3. The lowest BCUT2D eigenvalue weighted by atomic mass is 9.88. The van der Waals surface area contributed by atoms with E-state index in [-0.39, 0.29) is 23.6 Å². The van der Waals surface area contributed by atoms with E-state index in [2.05, 4.69) is 10.6 Å². The largest absolute Gasteiger partial charge is 0.354 e. The van der Waals surface area contributed by atoms with E-state index in [4.69, 9.17) is 11.6 Å². The highest BCUT2D eigenvalue weighted by atomic mass is 35.5. The monoisotopic (exact) mass is 455 g/mol. The molecule has 7 heteroatoms. The third kappa shape index (κ3) is 6.33. The summed E-state index contributed by atoms with van der Waals surface area (Å²) in [5.41, 5.74) is 1.11. The first-order valence-electron chi connectivity index (χ1n) is 11.0. The van der Waals surface area contributed by atoms with Gasteiger partial charge in [-0.15, -0.1) is 0 Å². The zero-order chi connectivity index (χ0) is 23.1. The van der Waals surface area contributed by atoms with Crippen molar-refractivity contribution < 1.29 is 14.4 Å². The number of nitrogens with one attached hydrogen (secondary N) is 2. The Kier molecular flexibility index (Phi) is 8.28. The zero-order valence-electron chi connectivity index (χ0n) is 18.5. The van der Waals surface area contributed by atoms with Crippen LogP contribution in [-0.4, -0.2) is 48.3 Å². The van der Waals surface area contributed by atoms with Crippen molar-refractivity contribution in [2.24, 2.45) is 11.8 Å². The van der Waals surface area contributed by atoms with E-state index in [1.54, 1.807) is 53.4 Å². The highest BCUT2D eigenvalue weighted by Crippen LogP contribution is 2.23. The zero-order valence-corrected chi connectivity index (χ0v) is 19.3. The van der Waals surface area contributed by atoms with Crippen LogP contribution in [0.4, 0.5) is 0 Å². The number of hydrogen-bond acceptors (Lipinski definition) is 3. The van der Waals surface area contributed by atoms with E-state index >= 15 is 0 Å². The van der Waals surface area contributed by atoms with Crippen LogP contribution in [-0.2, 0) is 4.79 Å². The van der Waals surface area contributed by atoms with Gasteiger partial charge in [0, 0.05) is 35.8 Å². The van der Waals surface area contributed by atoms with Gasteiger partial charge in [0.05, 0.1) is 0 Å². The molecule has 1 heterocycles. The summed E-state index contributed by atoms with van der Waals surface area (Å²) < 4.78 is 0. The number of hydrogen-bond donors (Lipinski definition) is 2. The summed E-state index contributed by atoms with van der Waals surface area (Å²) >= 11 is 5.92. The molecule has 0 aromatic heterocycles. The Morgan fingerprint density at radius 1 is 0.969 bits per heavy atom. The maximum Gasteiger partial charge on any atom is 0.253 e. The van der Waals surface area contributed by atoms with Crippen molar-refractivity contribution >= 4 is 29.3 Å². The number of nitrogens with zero attached hydrogens (tertiary/aromatic N) is 1. The van der Waals surface area contributed by atoms with Crippen molar-refractivity contribution in [3.8, 4) is 0 Å². The van der Waals surface area contributed by atoms with Gasteiger partial charge in [0.25, 0.3) is 11.8 Å². The topological polar surface area (TPSA) is 78.5 Å². The van der Waals surface area contributed by atoms with Gasteiger partial charge in [0.15, 0.2) is 0 Å². The summed E-state index contributed by atoms with van der Waals surface area (Å²) in [5.74, 6) is -0.234. The van der Waals surface area contributed by atoms with Gasteiger partial charge in [0.2, 0.25) is 5.91 Å². The summed E-state index contributed by atoms with van der Waals surface area (Å²) in [4.78, 5) is 40.3. The third-order valence-corrected chi connectivity index (χ3v) is 5.93. The number of amides is 3. The molecule has 170 valence electrons. The maximum absolute atomic E-state index is 13.0. The Hall–Kier alpha value is -2.86. The molecule has 1 saturated heterocycles. The van der Waals surface area contributed by atoms with Gasteiger partial charge in [-0.05, 0) is 61.1 Å². The molecule has 32 heavy (non-hydrogen) atoms. The van der Waals surface area contributed by atoms with Crippen LogP contribution in [0.2, 0.25) is 5.02 Å². The van der Waals surface area contributed by atoms with Gasteiger partial charge < -0.3 is 15.5 Å². The Balaban J connectivity index is 1.67. The molecule has 1 aliphatic rings. The molecular formula is C25H30ClN3O3. The second-order valence-electron chi connectivity index (χ2n) is 8.59. The van der Waals surface area contributed by atoms with E-state index in [0.29, 0.717) is 54.5 Å². The first kappa shape index (κ1) is 23.8. The fourth-order valence-electron chi connectivity index (χ4n) is 3.84. The van der Waals surface area contributed by atoms with Crippen LogP contribution in [0.15, 0.2) is 54.6 Å². The second-order valence-corrected chi connectivity index (χ2v) is 9.03. The van der Waals surface area contributed by atoms with Crippen LogP contribution in [0.3, 0.4) is 0 Å². The third-order valence-electron chi connectivity index (χ3n) is 5.68. The van der Waals surface area contributed by atoms with Crippen molar-refractivity contribution in [1.82, 2.24) is 15.5 Å². The lowest BCUT2D eigenvalue weighted by molar-refractivity contribution is -0.124. The fourth-order valence-corrected chi connectivity index (χ4v) is 3.96. The fraction of sp³-hybridized carbons (Fsp3) is 0.400. The van der Waals surface area contributed by atoms with Crippen LogP contribution >= 0.6 is 11.6 Å². The summed E-state index contributed by atoms with van der Waals surface area (Å²) in [5, 5.41) is 6.48. The van der Waals surface area contributed by atoms with Crippen molar-refractivity contribution in [1.29, 1.82) is 0 Å². The minimum Gasteiger partial charge on any atom is -0.354 e. The van der Waals surface area contributed by atoms with Crippen molar-refractivity contribution in [3.05, 3.63) is 70.7 Å². The molecule has 6 nitrogen and oxygen atoms in total. The molecule has 3 amide bonds. The smallest absolute Gasteiger partial charge is 0.253 e. The Morgan fingerprint density at radius 3 is 2.19 bits per heavy atom. The van der Waals surface area contributed by atoms with E-state index in [9.17, 15) is 14.4 Å². The molecule has 1 aliphatic heterocycles. The lowest BCUT2D eigenvalue weighted by Crippen LogP contribution is -2.54. The van der Waals surface area contributed by atoms with E-state index < -0.39 is 6.04 Å². The van der Waals surface area contributed by atoms with Crippen LogP contribution in [0.1, 0.15) is 47.4 Å². The van der Waals surface area contributed by atoms with Gasteiger partial charge in [-0.3, -0.25) is 14.4 Å². The lowest BCUT2D eigenvalue weighted by Gasteiger charge is -2.36. The van der Waals surface area contributed by atoms with Crippen LogP contribution in [0.5, 0.6) is 0 Å². The maximum atomic E-state index is 13.0. The van der Waals surface area contributed by atoms with Gasteiger partial charge in [-0.25, -0.2) is 0 Å². The molecule has 1 fully saturated rings. The second kappa shape index (κ2) is 11.1. The molecule has 1 atom stereocenters. The van der Waals surface area contributed by atoms with E-state index in [1.165, 1.54) is 0 Å². The molecule has 0 radical (unpaired) electrons. The first-order chi connectivity index (χ1) is 15.3. The molecule has 0 saturated carbocycles. The molecule has 0 unspecified atom stereocenters. The highest BCUT2D eigenvalue weighted by molar-refractivity contribution is 6.30. The minimum absolute atomic E-state index is 0.0470. The predicted octanol–water partition coefficient (Wildman–Crippen LogP) is 3.76. The Labute approximate surface area is 194 Å². The quantitative estimate of drug-likeness (QED) is 0.667. The Bertz CT molecular complexity index is 923. The molecule has 2 aromatic rings. The Morgan fingerprint density at radius 2 is 1.59 bits per heavy atom. The molecule has 0 aliphatic carbocycles. The summed E-state index contributed by atoms with van der Waals surface area (Å²) in [7, 11) is 0. The number of benzene rings is 2. The highest BCUT2D eigenvalue weighted by Gasteiger charge is 2.34. The average molecular weight is 456 g/mol. The van der Waals surface area contributed by atoms with Gasteiger partial charge in [0.1, 0.15) is 6.04 Å². The van der Waals surface area contributed by atoms with Crippen molar-refractivity contribution in [3.63, 3.8) is 0 Å². The van der Waals surface area contributed by atoms with Crippen LogP contribution < -0.4 is 10.6 Å². The van der Waals surface area contributed by atoms with Crippen LogP contribution in [0, 0.1) is 11.8 Å². The summed E-state index contributed by atoms with van der Waals surface area (Å²) in [6, 6.07) is 15.1. The number of piperidine rings is 1. The van der Waals surface area contributed by atoms with E-state index in [1.807, 2.05) is 19.9 Å². The molecule has 0 spiro atoms. The van der Waals surface area contributed by atoms with E-state index in [0.717, 1.165) is 0 Å². The van der Waals surface area contributed by atoms with Crippen LogP contribution in [0.25, 0.3) is 0 Å². The van der Waals surface area contributed by atoms with Crippen molar-refractivity contribution in [2.75, 3.05) is 19.6 Å². The number of halogens is 1. The number of carbonyl (C=O) groups excluding carboxylic acids is 3. The number of rotatable bonds is 7. The first-order valence-corrected chi connectivity index (χ1v) is 11.4.